The van der Waals surface area contributed by atoms with E-state index in [0.29, 0.717) is 6.04 Å². The van der Waals surface area contributed by atoms with Gasteiger partial charge < -0.3 is 5.32 Å². The Morgan fingerprint density at radius 1 is 1.28 bits per heavy atom. The van der Waals surface area contributed by atoms with Crippen LogP contribution in [0.5, 0.6) is 0 Å². The number of hydrogen-bond acceptors (Lipinski definition) is 3. The molecule has 18 heavy (non-hydrogen) atoms. The number of amidine groups is 1. The summed E-state index contributed by atoms with van der Waals surface area (Å²) in [5.74, 6) is 1.12. The van der Waals surface area contributed by atoms with E-state index in [4.69, 9.17) is 0 Å². The number of thioether (sulfide) groups is 1. The van der Waals surface area contributed by atoms with E-state index in [2.05, 4.69) is 48.4 Å². The Hall–Kier alpha value is -0.960. The maximum atomic E-state index is 4.64. The molecule has 0 bridgehead atoms. The molecule has 1 N–H and O–H groups in total. The van der Waals surface area contributed by atoms with Crippen LogP contribution in [-0.2, 0) is 6.42 Å². The van der Waals surface area contributed by atoms with Gasteiger partial charge in [-0.05, 0) is 37.0 Å². The quantitative estimate of drug-likeness (QED) is 0.854. The van der Waals surface area contributed by atoms with Crippen molar-refractivity contribution in [3.05, 3.63) is 29.8 Å². The summed E-state index contributed by atoms with van der Waals surface area (Å²) in [7, 11) is 0. The average Bonchev–Trinajstić information content (AvgIpc) is 2.86. The molecule has 0 saturated heterocycles. The van der Waals surface area contributed by atoms with Gasteiger partial charge in [-0.2, -0.15) is 0 Å². The molecule has 98 valence electrons. The van der Waals surface area contributed by atoms with Crippen LogP contribution in [0, 0.1) is 0 Å². The van der Waals surface area contributed by atoms with Crippen molar-refractivity contribution in [3.8, 4) is 0 Å². The first-order valence-electron chi connectivity index (χ1n) is 6.88. The molecule has 0 aromatic heterocycles. The molecule has 0 radical (unpaired) electrons. The third-order valence-corrected chi connectivity index (χ3v) is 4.24. The van der Waals surface area contributed by atoms with E-state index in [-0.39, 0.29) is 0 Å². The first-order chi connectivity index (χ1) is 8.81. The van der Waals surface area contributed by atoms with Gasteiger partial charge in [-0.1, -0.05) is 44.2 Å². The predicted molar refractivity (Wildman–Crippen MR) is 82.6 cm³/mol. The van der Waals surface area contributed by atoms with Crippen molar-refractivity contribution in [1.82, 2.24) is 0 Å². The van der Waals surface area contributed by atoms with Crippen LogP contribution in [0.15, 0.2) is 29.3 Å². The molecule has 2 rings (SSSR count). The Morgan fingerprint density at radius 3 is 2.67 bits per heavy atom. The van der Waals surface area contributed by atoms with Crippen LogP contribution in [-0.4, -0.2) is 17.0 Å². The zero-order valence-corrected chi connectivity index (χ0v) is 12.1. The maximum Gasteiger partial charge on any atom is 0.161 e. The molecular weight excluding hydrogens is 240 g/mol. The first-order valence-corrected chi connectivity index (χ1v) is 7.87. The summed E-state index contributed by atoms with van der Waals surface area (Å²) in [5, 5.41) is 4.47. The van der Waals surface area contributed by atoms with Crippen molar-refractivity contribution < 1.29 is 0 Å². The predicted octanol–water partition coefficient (Wildman–Crippen LogP) is 4.32. The molecule has 1 aliphatic rings. The highest BCUT2D eigenvalue weighted by molar-refractivity contribution is 8.14. The summed E-state index contributed by atoms with van der Waals surface area (Å²) < 4.78 is 0. The fourth-order valence-corrected chi connectivity index (χ4v) is 3.03. The van der Waals surface area contributed by atoms with Gasteiger partial charge in [-0.15, -0.1) is 0 Å². The van der Waals surface area contributed by atoms with E-state index in [1.807, 2.05) is 11.8 Å². The van der Waals surface area contributed by atoms with Gasteiger partial charge in [0.15, 0.2) is 5.17 Å². The number of aliphatic imine (C=N–C) groups is 1. The van der Waals surface area contributed by atoms with Gasteiger partial charge in [0.05, 0.1) is 6.04 Å². The summed E-state index contributed by atoms with van der Waals surface area (Å²) in [6.45, 7) is 4.43. The topological polar surface area (TPSA) is 24.4 Å². The van der Waals surface area contributed by atoms with Crippen molar-refractivity contribution in [3.63, 3.8) is 0 Å². The molecule has 1 aromatic carbocycles. The number of nitrogens with one attached hydrogen (secondary N) is 1. The molecule has 0 fully saturated rings. The van der Waals surface area contributed by atoms with Crippen LogP contribution in [0.25, 0.3) is 0 Å². The van der Waals surface area contributed by atoms with E-state index >= 15 is 0 Å². The molecule has 0 spiro atoms. The minimum Gasteiger partial charge on any atom is -0.335 e. The molecule has 1 aromatic rings. The highest BCUT2D eigenvalue weighted by Crippen LogP contribution is 2.22. The lowest BCUT2D eigenvalue weighted by Gasteiger charge is -2.06. The first kappa shape index (κ1) is 13.5. The molecule has 2 nitrogen and oxygen atoms in total. The van der Waals surface area contributed by atoms with E-state index in [1.165, 1.54) is 24.8 Å². The second-order valence-electron chi connectivity index (χ2n) is 4.73. The number of benzene rings is 1. The van der Waals surface area contributed by atoms with Crippen LogP contribution >= 0.6 is 11.8 Å². The molecule has 1 heterocycles. The monoisotopic (exact) mass is 262 g/mol. The second kappa shape index (κ2) is 6.83. The zero-order chi connectivity index (χ0) is 12.8. The fourth-order valence-electron chi connectivity index (χ4n) is 1.95. The number of aryl methyl sites for hydroxylation is 1. The standard InChI is InChI=1S/C15H22N2S/c1-3-5-6-12-7-9-14(10-8-12)17-15-16-13(4-2)11-18-15/h7-10,13H,3-6,11H2,1-2H3,(H,16,17). The number of unbranched alkanes of at least 4 members (excludes halogenated alkanes) is 1. The van der Waals surface area contributed by atoms with Gasteiger partial charge in [0, 0.05) is 11.4 Å². The van der Waals surface area contributed by atoms with Crippen molar-refractivity contribution in [2.75, 3.05) is 11.1 Å². The largest absolute Gasteiger partial charge is 0.335 e. The van der Waals surface area contributed by atoms with Crippen molar-refractivity contribution in [2.45, 2.75) is 45.6 Å². The Labute approximate surface area is 114 Å². The lowest BCUT2D eigenvalue weighted by molar-refractivity contribution is 0.738. The summed E-state index contributed by atoms with van der Waals surface area (Å²) in [6.07, 6.45) is 4.85. The van der Waals surface area contributed by atoms with E-state index < -0.39 is 0 Å². The Balaban J connectivity index is 1.90. The SMILES string of the molecule is CCCCc1ccc(NC2=NC(CC)CS2)cc1. The minimum atomic E-state index is 0.501. The van der Waals surface area contributed by atoms with Crippen LogP contribution < -0.4 is 5.32 Å². The number of hydrogen-bond donors (Lipinski definition) is 1. The molecule has 3 heteroatoms. The van der Waals surface area contributed by atoms with Gasteiger partial charge in [0.1, 0.15) is 0 Å². The normalized spacial score (nSPS) is 18.8. The van der Waals surface area contributed by atoms with Crippen LogP contribution in [0.2, 0.25) is 0 Å². The Kier molecular flexibility index (Phi) is 5.12. The lowest BCUT2D eigenvalue weighted by atomic mass is 10.1. The number of rotatable bonds is 5. The van der Waals surface area contributed by atoms with Crippen molar-refractivity contribution in [1.29, 1.82) is 0 Å². The van der Waals surface area contributed by atoms with Gasteiger partial charge in [-0.25, -0.2) is 0 Å². The summed E-state index contributed by atoms with van der Waals surface area (Å²) in [4.78, 5) is 4.64. The molecule has 1 atom stereocenters. The van der Waals surface area contributed by atoms with Crippen LogP contribution in [0.1, 0.15) is 38.7 Å². The minimum absolute atomic E-state index is 0.501. The number of nitrogens with zero attached hydrogens (tertiary/aromatic N) is 1. The zero-order valence-electron chi connectivity index (χ0n) is 11.3. The highest BCUT2D eigenvalue weighted by atomic mass is 32.2. The van der Waals surface area contributed by atoms with Gasteiger partial charge in [-0.3, -0.25) is 4.99 Å². The number of anilines is 1. The molecule has 0 aliphatic carbocycles. The average molecular weight is 262 g/mol. The van der Waals surface area contributed by atoms with E-state index in [1.54, 1.807) is 0 Å². The Morgan fingerprint density at radius 2 is 2.06 bits per heavy atom. The van der Waals surface area contributed by atoms with Crippen molar-refractivity contribution >= 4 is 22.6 Å². The van der Waals surface area contributed by atoms with Crippen LogP contribution in [0.3, 0.4) is 0 Å². The summed E-state index contributed by atoms with van der Waals surface area (Å²) in [6, 6.07) is 9.26. The lowest BCUT2D eigenvalue weighted by Crippen LogP contribution is -2.05. The van der Waals surface area contributed by atoms with Gasteiger partial charge in [0.25, 0.3) is 0 Å². The maximum absolute atomic E-state index is 4.64. The fraction of sp³-hybridized carbons (Fsp3) is 0.533. The van der Waals surface area contributed by atoms with Crippen molar-refractivity contribution in [2.24, 2.45) is 4.99 Å². The van der Waals surface area contributed by atoms with Gasteiger partial charge in [0.2, 0.25) is 0 Å². The Bertz CT molecular complexity index is 397. The second-order valence-corrected chi connectivity index (χ2v) is 5.74. The highest BCUT2D eigenvalue weighted by Gasteiger charge is 2.16. The molecule has 1 unspecified atom stereocenters. The van der Waals surface area contributed by atoms with Crippen LogP contribution in [0.4, 0.5) is 5.69 Å². The van der Waals surface area contributed by atoms with Gasteiger partial charge >= 0.3 is 0 Å². The summed E-state index contributed by atoms with van der Waals surface area (Å²) >= 11 is 1.83. The molecular formula is C15H22N2S. The molecule has 0 saturated carbocycles. The third-order valence-electron chi connectivity index (χ3n) is 3.21. The smallest absolute Gasteiger partial charge is 0.161 e. The molecule has 0 amide bonds. The third kappa shape index (κ3) is 3.77. The van der Waals surface area contributed by atoms with E-state index in [9.17, 15) is 0 Å². The summed E-state index contributed by atoms with van der Waals surface area (Å²) in [5.41, 5.74) is 2.58. The van der Waals surface area contributed by atoms with E-state index in [0.717, 1.165) is 23.0 Å². The molecule has 1 aliphatic heterocycles.